The molecule has 1 aliphatic rings. The van der Waals surface area contributed by atoms with Crippen molar-refractivity contribution in [1.82, 2.24) is 5.32 Å². The number of hydrogen-bond acceptors (Lipinski definition) is 2. The molecule has 106 valence electrons. The summed E-state index contributed by atoms with van der Waals surface area (Å²) in [6.45, 7) is 4.72. The Morgan fingerprint density at radius 1 is 1.53 bits per heavy atom. The van der Waals surface area contributed by atoms with Gasteiger partial charge in [-0.05, 0) is 59.3 Å². The predicted molar refractivity (Wildman–Crippen MR) is 78.8 cm³/mol. The molecule has 2 unspecified atom stereocenters. The van der Waals surface area contributed by atoms with Gasteiger partial charge in [-0.1, -0.05) is 19.1 Å². The molecular weight excluding hydrogens is 309 g/mol. The molecule has 1 fully saturated rings. The molecule has 0 amide bonds. The van der Waals surface area contributed by atoms with Crippen LogP contribution in [0.4, 0.5) is 4.39 Å². The number of likely N-dealkylation sites (N-methyl/N-ethyl adjacent to an activating group) is 1. The monoisotopic (exact) mass is 329 g/mol. The molecule has 1 aliphatic heterocycles. The molecule has 1 N–H and O–H groups in total. The lowest BCUT2D eigenvalue weighted by Crippen LogP contribution is -2.41. The molecule has 2 atom stereocenters. The van der Waals surface area contributed by atoms with E-state index in [2.05, 4.69) is 28.2 Å². The number of ether oxygens (including phenoxy) is 1. The zero-order chi connectivity index (χ0) is 13.7. The SMILES string of the molecule is CCNC(Cc1cccc(F)c1Br)C1CCCOC1. The van der Waals surface area contributed by atoms with Gasteiger partial charge in [0, 0.05) is 12.6 Å². The van der Waals surface area contributed by atoms with Crippen molar-refractivity contribution >= 4 is 15.9 Å². The Hall–Kier alpha value is -0.450. The van der Waals surface area contributed by atoms with Gasteiger partial charge in [0.15, 0.2) is 0 Å². The highest BCUT2D eigenvalue weighted by molar-refractivity contribution is 9.10. The van der Waals surface area contributed by atoms with Crippen LogP contribution in [0, 0.1) is 11.7 Å². The number of benzene rings is 1. The van der Waals surface area contributed by atoms with E-state index in [1.54, 1.807) is 6.07 Å². The van der Waals surface area contributed by atoms with Crippen LogP contribution in [-0.4, -0.2) is 25.8 Å². The first-order valence-electron chi connectivity index (χ1n) is 6.96. The van der Waals surface area contributed by atoms with Crippen molar-refractivity contribution in [2.45, 2.75) is 32.2 Å². The lowest BCUT2D eigenvalue weighted by atomic mass is 9.89. The fourth-order valence-electron chi connectivity index (χ4n) is 2.69. The fourth-order valence-corrected chi connectivity index (χ4v) is 3.12. The summed E-state index contributed by atoms with van der Waals surface area (Å²) in [5.74, 6) is 0.330. The van der Waals surface area contributed by atoms with Gasteiger partial charge in [0.1, 0.15) is 5.82 Å². The normalized spacial score (nSPS) is 21.3. The molecule has 4 heteroatoms. The lowest BCUT2D eigenvalue weighted by Gasteiger charge is -2.31. The second kappa shape index (κ2) is 7.36. The molecule has 2 nitrogen and oxygen atoms in total. The Balaban J connectivity index is 2.08. The highest BCUT2D eigenvalue weighted by Crippen LogP contribution is 2.25. The zero-order valence-electron chi connectivity index (χ0n) is 11.3. The van der Waals surface area contributed by atoms with E-state index in [0.717, 1.165) is 38.2 Å². The Bertz CT molecular complexity index is 407. The quantitative estimate of drug-likeness (QED) is 0.892. The van der Waals surface area contributed by atoms with Gasteiger partial charge in [-0.3, -0.25) is 0 Å². The minimum atomic E-state index is -0.187. The molecule has 0 bridgehead atoms. The summed E-state index contributed by atoms with van der Waals surface area (Å²) in [5, 5.41) is 3.52. The molecule has 0 radical (unpaired) electrons. The summed E-state index contributed by atoms with van der Waals surface area (Å²) in [6.07, 6.45) is 3.14. The van der Waals surface area contributed by atoms with E-state index in [1.165, 1.54) is 12.5 Å². The van der Waals surface area contributed by atoms with Crippen LogP contribution in [0.25, 0.3) is 0 Å². The van der Waals surface area contributed by atoms with Gasteiger partial charge in [-0.2, -0.15) is 0 Å². The molecule has 2 rings (SSSR count). The highest BCUT2D eigenvalue weighted by Gasteiger charge is 2.24. The molecule has 1 saturated heterocycles. The van der Waals surface area contributed by atoms with Crippen LogP contribution in [0.15, 0.2) is 22.7 Å². The molecule has 0 aromatic heterocycles. The first kappa shape index (κ1) is 14.9. The summed E-state index contributed by atoms with van der Waals surface area (Å²) in [4.78, 5) is 0. The molecule has 0 aliphatic carbocycles. The van der Waals surface area contributed by atoms with Gasteiger partial charge in [-0.15, -0.1) is 0 Å². The average molecular weight is 330 g/mol. The molecule has 19 heavy (non-hydrogen) atoms. The van der Waals surface area contributed by atoms with Gasteiger partial charge in [0.05, 0.1) is 11.1 Å². The summed E-state index contributed by atoms with van der Waals surface area (Å²) in [7, 11) is 0. The minimum Gasteiger partial charge on any atom is -0.381 e. The maximum Gasteiger partial charge on any atom is 0.137 e. The zero-order valence-corrected chi connectivity index (χ0v) is 12.9. The van der Waals surface area contributed by atoms with Gasteiger partial charge in [-0.25, -0.2) is 4.39 Å². The lowest BCUT2D eigenvalue weighted by molar-refractivity contribution is 0.0395. The Kier molecular flexibility index (Phi) is 5.79. The summed E-state index contributed by atoms with van der Waals surface area (Å²) >= 11 is 3.35. The molecule has 0 saturated carbocycles. The van der Waals surface area contributed by atoms with Crippen molar-refractivity contribution in [3.05, 3.63) is 34.1 Å². The standard InChI is InChI=1S/C15H21BrFNO/c1-2-18-14(12-6-4-8-19-10-12)9-11-5-3-7-13(17)15(11)16/h3,5,7,12,14,18H,2,4,6,8-10H2,1H3. The van der Waals surface area contributed by atoms with Crippen LogP contribution < -0.4 is 5.32 Å². The fraction of sp³-hybridized carbons (Fsp3) is 0.600. The van der Waals surface area contributed by atoms with Crippen molar-refractivity contribution in [3.63, 3.8) is 0 Å². The first-order valence-corrected chi connectivity index (χ1v) is 7.75. The Morgan fingerprint density at radius 2 is 2.37 bits per heavy atom. The number of halogens is 2. The van der Waals surface area contributed by atoms with Gasteiger partial charge < -0.3 is 10.1 Å². The smallest absolute Gasteiger partial charge is 0.137 e. The maximum absolute atomic E-state index is 13.6. The van der Waals surface area contributed by atoms with E-state index in [9.17, 15) is 4.39 Å². The minimum absolute atomic E-state index is 0.187. The van der Waals surface area contributed by atoms with Crippen molar-refractivity contribution in [2.24, 2.45) is 5.92 Å². The van der Waals surface area contributed by atoms with Crippen LogP contribution in [0.3, 0.4) is 0 Å². The topological polar surface area (TPSA) is 21.3 Å². The number of nitrogens with one attached hydrogen (secondary N) is 1. The van der Waals surface area contributed by atoms with E-state index in [0.29, 0.717) is 16.4 Å². The molecular formula is C15H21BrFNO. The molecule has 0 spiro atoms. The molecule has 1 aromatic carbocycles. The first-order chi connectivity index (χ1) is 9.22. The average Bonchev–Trinajstić information content (AvgIpc) is 2.44. The van der Waals surface area contributed by atoms with Crippen molar-refractivity contribution in [3.8, 4) is 0 Å². The summed E-state index contributed by atoms with van der Waals surface area (Å²) < 4.78 is 19.7. The third-order valence-electron chi connectivity index (χ3n) is 3.70. The molecule has 1 aromatic rings. The highest BCUT2D eigenvalue weighted by atomic mass is 79.9. The van der Waals surface area contributed by atoms with E-state index in [-0.39, 0.29) is 5.82 Å². The summed E-state index contributed by atoms with van der Waals surface area (Å²) in [5.41, 5.74) is 1.02. The van der Waals surface area contributed by atoms with Gasteiger partial charge in [0.2, 0.25) is 0 Å². The van der Waals surface area contributed by atoms with E-state index in [1.807, 2.05) is 6.07 Å². The van der Waals surface area contributed by atoms with E-state index in [4.69, 9.17) is 4.74 Å². The van der Waals surface area contributed by atoms with Gasteiger partial charge in [0.25, 0.3) is 0 Å². The third kappa shape index (κ3) is 4.01. The Morgan fingerprint density at radius 3 is 3.05 bits per heavy atom. The predicted octanol–water partition coefficient (Wildman–Crippen LogP) is 3.54. The van der Waals surface area contributed by atoms with E-state index < -0.39 is 0 Å². The molecule has 1 heterocycles. The maximum atomic E-state index is 13.6. The second-order valence-electron chi connectivity index (χ2n) is 5.06. The Labute approximate surface area is 122 Å². The van der Waals surface area contributed by atoms with Crippen molar-refractivity contribution in [1.29, 1.82) is 0 Å². The van der Waals surface area contributed by atoms with Crippen LogP contribution >= 0.6 is 15.9 Å². The van der Waals surface area contributed by atoms with E-state index >= 15 is 0 Å². The third-order valence-corrected chi connectivity index (χ3v) is 4.59. The summed E-state index contributed by atoms with van der Waals surface area (Å²) in [6, 6.07) is 5.60. The second-order valence-corrected chi connectivity index (χ2v) is 5.85. The van der Waals surface area contributed by atoms with Crippen LogP contribution in [0.1, 0.15) is 25.3 Å². The van der Waals surface area contributed by atoms with Crippen molar-refractivity contribution < 1.29 is 9.13 Å². The largest absolute Gasteiger partial charge is 0.381 e. The van der Waals surface area contributed by atoms with Crippen LogP contribution in [0.2, 0.25) is 0 Å². The number of hydrogen-bond donors (Lipinski definition) is 1. The number of rotatable bonds is 5. The van der Waals surface area contributed by atoms with Crippen LogP contribution in [-0.2, 0) is 11.2 Å². The van der Waals surface area contributed by atoms with Crippen molar-refractivity contribution in [2.75, 3.05) is 19.8 Å². The van der Waals surface area contributed by atoms with Gasteiger partial charge >= 0.3 is 0 Å². The van der Waals surface area contributed by atoms with Crippen LogP contribution in [0.5, 0.6) is 0 Å².